The van der Waals surface area contributed by atoms with Crippen LogP contribution in [0.3, 0.4) is 0 Å². The molecule has 0 radical (unpaired) electrons. The number of nitrogens with zero attached hydrogens (tertiary/aromatic N) is 3. The summed E-state index contributed by atoms with van der Waals surface area (Å²) in [5.41, 5.74) is 2.45. The number of amides is 2. The fourth-order valence-corrected chi connectivity index (χ4v) is 4.49. The molecule has 2 aromatic rings. The van der Waals surface area contributed by atoms with Gasteiger partial charge in [0.05, 0.1) is 23.9 Å². The van der Waals surface area contributed by atoms with E-state index < -0.39 is 0 Å². The number of carbonyl (C=O) groups excluding carboxylic acids is 1. The minimum Gasteiger partial charge on any atom is -0.381 e. The average molecular weight is 370 g/mol. The van der Waals surface area contributed by atoms with E-state index in [4.69, 9.17) is 4.74 Å². The maximum absolute atomic E-state index is 12.6. The number of hydrogen-bond acceptors (Lipinski definition) is 3. The first kappa shape index (κ1) is 18.3. The number of hydrogen-bond donors (Lipinski definition) is 1. The van der Waals surface area contributed by atoms with E-state index in [1.807, 2.05) is 11.1 Å². The van der Waals surface area contributed by atoms with Crippen LogP contribution >= 0.6 is 0 Å². The smallest absolute Gasteiger partial charge is 0.317 e. The van der Waals surface area contributed by atoms with Crippen LogP contribution in [0.25, 0.3) is 10.9 Å². The number of likely N-dealkylation sites (tertiary alicyclic amines) is 1. The van der Waals surface area contributed by atoms with Crippen LogP contribution in [0.5, 0.6) is 0 Å². The Kier molecular flexibility index (Phi) is 5.34. The first-order valence-electron chi connectivity index (χ1n) is 10.2. The number of carbonyl (C=O) groups is 1. The van der Waals surface area contributed by atoms with Gasteiger partial charge in [0.25, 0.3) is 0 Å². The Hall–Kier alpha value is -2.08. The quantitative estimate of drug-likeness (QED) is 0.897. The van der Waals surface area contributed by atoms with Gasteiger partial charge in [-0.25, -0.2) is 4.79 Å². The maximum atomic E-state index is 12.6. The molecule has 4 rings (SSSR count). The Bertz CT molecular complexity index is 787. The summed E-state index contributed by atoms with van der Waals surface area (Å²) in [7, 11) is 1.78. The van der Waals surface area contributed by atoms with Gasteiger partial charge in [-0.2, -0.15) is 5.10 Å². The summed E-state index contributed by atoms with van der Waals surface area (Å²) in [5, 5.41) is 9.05. The fourth-order valence-electron chi connectivity index (χ4n) is 4.49. The van der Waals surface area contributed by atoms with Crippen molar-refractivity contribution in [1.82, 2.24) is 20.0 Å². The molecule has 1 N–H and O–H groups in total. The van der Waals surface area contributed by atoms with Gasteiger partial charge in [-0.05, 0) is 57.6 Å². The fraction of sp³-hybridized carbons (Fsp3) is 0.619. The van der Waals surface area contributed by atoms with Crippen LogP contribution in [-0.4, -0.2) is 53.1 Å². The first-order chi connectivity index (χ1) is 13.1. The maximum Gasteiger partial charge on any atom is 0.317 e. The van der Waals surface area contributed by atoms with Gasteiger partial charge >= 0.3 is 6.03 Å². The third-order valence-electron chi connectivity index (χ3n) is 6.18. The van der Waals surface area contributed by atoms with Crippen molar-refractivity contribution in [2.75, 3.05) is 20.2 Å². The predicted molar refractivity (Wildman–Crippen MR) is 106 cm³/mol. The molecule has 146 valence electrons. The Morgan fingerprint density at radius 3 is 2.59 bits per heavy atom. The number of rotatable bonds is 3. The molecule has 0 unspecified atom stereocenters. The third kappa shape index (κ3) is 3.95. The van der Waals surface area contributed by atoms with E-state index in [1.165, 1.54) is 16.5 Å². The van der Waals surface area contributed by atoms with Crippen molar-refractivity contribution in [3.8, 4) is 0 Å². The van der Waals surface area contributed by atoms with Gasteiger partial charge in [-0.3, -0.25) is 4.68 Å². The minimum atomic E-state index is 0.0928. The van der Waals surface area contributed by atoms with Gasteiger partial charge in [0.2, 0.25) is 0 Å². The van der Waals surface area contributed by atoms with Crippen LogP contribution in [-0.2, 0) is 4.74 Å². The van der Waals surface area contributed by atoms with Crippen LogP contribution in [0.2, 0.25) is 0 Å². The van der Waals surface area contributed by atoms with Gasteiger partial charge in [0.1, 0.15) is 0 Å². The summed E-state index contributed by atoms with van der Waals surface area (Å²) in [5.74, 6) is 0. The van der Waals surface area contributed by atoms with E-state index in [9.17, 15) is 4.79 Å². The Morgan fingerprint density at radius 1 is 1.15 bits per heavy atom. The standard InChI is InChI=1S/C21H30N4O2/c1-15-3-8-20-16(13-15)14-22-25(20)18-9-11-24(12-10-18)21(26)23-17-4-6-19(27-2)7-5-17/h3,8,13-14,17-19H,4-7,9-12H2,1-2H3,(H,23,26)/t17-,19-. The molecule has 1 aliphatic carbocycles. The highest BCUT2D eigenvalue weighted by molar-refractivity contribution is 5.79. The molecule has 2 amide bonds. The lowest BCUT2D eigenvalue weighted by Crippen LogP contribution is -2.49. The number of ether oxygens (including phenoxy) is 1. The monoisotopic (exact) mass is 370 g/mol. The zero-order valence-corrected chi connectivity index (χ0v) is 16.4. The van der Waals surface area contributed by atoms with E-state index in [-0.39, 0.29) is 6.03 Å². The molecule has 6 nitrogen and oxygen atoms in total. The molecule has 27 heavy (non-hydrogen) atoms. The molecule has 0 bridgehead atoms. The van der Waals surface area contributed by atoms with Crippen LogP contribution in [0.15, 0.2) is 24.4 Å². The Labute approximate surface area is 160 Å². The van der Waals surface area contributed by atoms with Crippen molar-refractivity contribution < 1.29 is 9.53 Å². The summed E-state index contributed by atoms with van der Waals surface area (Å²) in [6.45, 7) is 3.68. The van der Waals surface area contributed by atoms with Gasteiger partial charge in [0.15, 0.2) is 0 Å². The SMILES string of the molecule is CO[C@H]1CC[C@H](NC(=O)N2CCC(n3ncc4cc(C)ccc43)CC2)CC1. The summed E-state index contributed by atoms with van der Waals surface area (Å²) < 4.78 is 7.56. The van der Waals surface area contributed by atoms with Crippen molar-refractivity contribution in [2.24, 2.45) is 0 Å². The van der Waals surface area contributed by atoms with Crippen molar-refractivity contribution in [2.45, 2.75) is 63.6 Å². The average Bonchev–Trinajstić information content (AvgIpc) is 3.11. The van der Waals surface area contributed by atoms with Gasteiger partial charge in [-0.15, -0.1) is 0 Å². The number of nitrogens with one attached hydrogen (secondary N) is 1. The summed E-state index contributed by atoms with van der Waals surface area (Å²) in [6.07, 6.45) is 8.33. The Morgan fingerprint density at radius 2 is 1.89 bits per heavy atom. The third-order valence-corrected chi connectivity index (χ3v) is 6.18. The second-order valence-electron chi connectivity index (χ2n) is 8.03. The molecule has 0 atom stereocenters. The molecule has 1 aromatic carbocycles. The highest BCUT2D eigenvalue weighted by atomic mass is 16.5. The van der Waals surface area contributed by atoms with Crippen molar-refractivity contribution in [3.63, 3.8) is 0 Å². The number of methoxy groups -OCH3 is 1. The molecule has 2 fully saturated rings. The molecule has 6 heteroatoms. The summed E-state index contributed by atoms with van der Waals surface area (Å²) in [4.78, 5) is 14.6. The van der Waals surface area contributed by atoms with E-state index >= 15 is 0 Å². The summed E-state index contributed by atoms with van der Waals surface area (Å²) >= 11 is 0. The second kappa shape index (κ2) is 7.89. The largest absolute Gasteiger partial charge is 0.381 e. The molecule has 1 aromatic heterocycles. The molecule has 2 aliphatic rings. The zero-order valence-electron chi connectivity index (χ0n) is 16.4. The van der Waals surface area contributed by atoms with E-state index in [0.717, 1.165) is 51.6 Å². The normalized spacial score (nSPS) is 24.3. The van der Waals surface area contributed by atoms with Crippen LogP contribution in [0.4, 0.5) is 4.79 Å². The number of aryl methyl sites for hydroxylation is 1. The molecule has 2 heterocycles. The van der Waals surface area contributed by atoms with E-state index in [0.29, 0.717) is 18.2 Å². The van der Waals surface area contributed by atoms with E-state index in [1.54, 1.807) is 7.11 Å². The number of fused-ring (bicyclic) bond motifs is 1. The minimum absolute atomic E-state index is 0.0928. The zero-order chi connectivity index (χ0) is 18.8. The van der Waals surface area contributed by atoms with Gasteiger partial charge in [0, 0.05) is 31.6 Å². The predicted octanol–water partition coefficient (Wildman–Crippen LogP) is 3.65. The molecule has 1 aliphatic heterocycles. The number of urea groups is 1. The van der Waals surface area contributed by atoms with Crippen molar-refractivity contribution in [3.05, 3.63) is 30.0 Å². The van der Waals surface area contributed by atoms with Crippen LogP contribution < -0.4 is 5.32 Å². The topological polar surface area (TPSA) is 59.4 Å². The lowest BCUT2D eigenvalue weighted by Gasteiger charge is -2.35. The Balaban J connectivity index is 1.31. The summed E-state index contributed by atoms with van der Waals surface area (Å²) in [6, 6.07) is 7.23. The van der Waals surface area contributed by atoms with Crippen LogP contribution in [0.1, 0.15) is 50.1 Å². The first-order valence-corrected chi connectivity index (χ1v) is 10.2. The van der Waals surface area contributed by atoms with E-state index in [2.05, 4.69) is 40.2 Å². The molecular weight excluding hydrogens is 340 g/mol. The lowest BCUT2D eigenvalue weighted by atomic mass is 9.93. The number of benzene rings is 1. The highest BCUT2D eigenvalue weighted by Crippen LogP contribution is 2.27. The van der Waals surface area contributed by atoms with Crippen molar-refractivity contribution in [1.29, 1.82) is 0 Å². The molecule has 0 spiro atoms. The molecule has 1 saturated heterocycles. The number of piperidine rings is 1. The van der Waals surface area contributed by atoms with Gasteiger partial charge in [-0.1, -0.05) is 11.6 Å². The molecular formula is C21H30N4O2. The number of aromatic nitrogens is 2. The highest BCUT2D eigenvalue weighted by Gasteiger charge is 2.28. The van der Waals surface area contributed by atoms with Crippen LogP contribution in [0, 0.1) is 6.92 Å². The lowest BCUT2D eigenvalue weighted by molar-refractivity contribution is 0.0624. The second-order valence-corrected chi connectivity index (χ2v) is 8.03. The van der Waals surface area contributed by atoms with Crippen molar-refractivity contribution >= 4 is 16.9 Å². The molecule has 1 saturated carbocycles. The van der Waals surface area contributed by atoms with Gasteiger partial charge < -0.3 is 15.0 Å².